The fourth-order valence-corrected chi connectivity index (χ4v) is 2.29. The summed E-state index contributed by atoms with van der Waals surface area (Å²) in [6, 6.07) is 1.92. The van der Waals surface area contributed by atoms with Crippen LogP contribution in [-0.2, 0) is 11.3 Å². The highest BCUT2D eigenvalue weighted by Gasteiger charge is 2.36. The molecule has 0 radical (unpaired) electrons. The SMILES string of the molecule is CC(C)(C)OC(=O)N1CC(N)C[C@@H]1Cn1cccn1. The molecular weight excluding hydrogens is 244 g/mol. The van der Waals surface area contributed by atoms with Gasteiger partial charge in [0, 0.05) is 25.0 Å². The van der Waals surface area contributed by atoms with Gasteiger partial charge >= 0.3 is 6.09 Å². The summed E-state index contributed by atoms with van der Waals surface area (Å²) in [7, 11) is 0. The topological polar surface area (TPSA) is 73.4 Å². The minimum Gasteiger partial charge on any atom is -0.444 e. The van der Waals surface area contributed by atoms with E-state index in [9.17, 15) is 4.79 Å². The molecule has 1 aliphatic heterocycles. The standard InChI is InChI=1S/C13H22N4O2/c1-13(2,3)19-12(18)17-8-10(14)7-11(17)9-16-6-4-5-15-16/h4-6,10-11H,7-9,14H2,1-3H3/t10?,11-/m1/s1. The molecule has 1 aliphatic rings. The molecule has 1 amide bonds. The second-order valence-electron chi connectivity index (χ2n) is 6.01. The zero-order chi connectivity index (χ0) is 14.0. The molecule has 0 spiro atoms. The van der Waals surface area contributed by atoms with Crippen LogP contribution >= 0.6 is 0 Å². The first-order valence-corrected chi connectivity index (χ1v) is 6.58. The Balaban J connectivity index is 2.03. The van der Waals surface area contributed by atoms with Gasteiger partial charge in [0.2, 0.25) is 0 Å². The number of carbonyl (C=O) groups is 1. The third kappa shape index (κ3) is 3.70. The Morgan fingerprint density at radius 1 is 1.53 bits per heavy atom. The predicted octanol–water partition coefficient (Wildman–Crippen LogP) is 1.22. The van der Waals surface area contributed by atoms with Crippen molar-refractivity contribution in [3.05, 3.63) is 18.5 Å². The third-order valence-corrected chi connectivity index (χ3v) is 3.03. The van der Waals surface area contributed by atoms with Crippen LogP contribution in [0.1, 0.15) is 27.2 Å². The molecule has 19 heavy (non-hydrogen) atoms. The lowest BCUT2D eigenvalue weighted by Gasteiger charge is -2.28. The van der Waals surface area contributed by atoms with Crippen LogP contribution in [0.25, 0.3) is 0 Å². The Morgan fingerprint density at radius 3 is 2.84 bits per heavy atom. The normalized spacial score (nSPS) is 23.7. The quantitative estimate of drug-likeness (QED) is 0.873. The van der Waals surface area contributed by atoms with Crippen molar-refractivity contribution in [2.75, 3.05) is 6.54 Å². The Kier molecular flexibility index (Phi) is 3.80. The van der Waals surface area contributed by atoms with Crippen LogP contribution in [0.3, 0.4) is 0 Å². The van der Waals surface area contributed by atoms with Crippen molar-refractivity contribution in [3.8, 4) is 0 Å². The average Bonchev–Trinajstić information content (AvgIpc) is 2.86. The number of hydrogen-bond acceptors (Lipinski definition) is 4. The maximum atomic E-state index is 12.2. The second-order valence-corrected chi connectivity index (χ2v) is 6.01. The van der Waals surface area contributed by atoms with Gasteiger partial charge in [0.15, 0.2) is 0 Å². The van der Waals surface area contributed by atoms with Gasteiger partial charge < -0.3 is 15.4 Å². The van der Waals surface area contributed by atoms with Gasteiger partial charge in [-0.05, 0) is 33.3 Å². The first kappa shape index (κ1) is 13.9. The molecule has 1 aromatic heterocycles. The largest absolute Gasteiger partial charge is 0.444 e. The van der Waals surface area contributed by atoms with Gasteiger partial charge in [-0.25, -0.2) is 4.79 Å². The van der Waals surface area contributed by atoms with Crippen LogP contribution in [0, 0.1) is 0 Å². The summed E-state index contributed by atoms with van der Waals surface area (Å²) in [6.45, 7) is 6.79. The smallest absolute Gasteiger partial charge is 0.410 e. The van der Waals surface area contributed by atoms with Crippen LogP contribution in [0.4, 0.5) is 4.79 Å². The summed E-state index contributed by atoms with van der Waals surface area (Å²) in [5.41, 5.74) is 5.48. The lowest BCUT2D eigenvalue weighted by atomic mass is 10.2. The number of likely N-dealkylation sites (tertiary alicyclic amines) is 1. The number of amides is 1. The minimum atomic E-state index is -0.486. The molecule has 1 aromatic rings. The van der Waals surface area contributed by atoms with E-state index >= 15 is 0 Å². The van der Waals surface area contributed by atoms with Gasteiger partial charge in [0.05, 0.1) is 12.6 Å². The predicted molar refractivity (Wildman–Crippen MR) is 71.5 cm³/mol. The Labute approximate surface area is 113 Å². The van der Waals surface area contributed by atoms with E-state index in [4.69, 9.17) is 10.5 Å². The lowest BCUT2D eigenvalue weighted by molar-refractivity contribution is 0.0210. The molecule has 6 heteroatoms. The number of rotatable bonds is 2. The second kappa shape index (κ2) is 5.21. The molecule has 1 saturated heterocycles. The zero-order valence-electron chi connectivity index (χ0n) is 11.7. The summed E-state index contributed by atoms with van der Waals surface area (Å²) in [6.07, 6.45) is 4.10. The number of aromatic nitrogens is 2. The summed E-state index contributed by atoms with van der Waals surface area (Å²) in [5, 5.41) is 4.17. The van der Waals surface area contributed by atoms with E-state index in [1.165, 1.54) is 0 Å². The number of nitrogens with zero attached hydrogens (tertiary/aromatic N) is 3. The first-order valence-electron chi connectivity index (χ1n) is 6.58. The van der Waals surface area contributed by atoms with Gasteiger partial charge in [0.1, 0.15) is 5.60 Å². The molecule has 0 bridgehead atoms. The zero-order valence-corrected chi connectivity index (χ0v) is 11.7. The highest BCUT2D eigenvalue weighted by molar-refractivity contribution is 5.69. The summed E-state index contributed by atoms with van der Waals surface area (Å²) in [5.74, 6) is 0. The van der Waals surface area contributed by atoms with Gasteiger partial charge in [-0.15, -0.1) is 0 Å². The maximum Gasteiger partial charge on any atom is 0.410 e. The molecule has 0 saturated carbocycles. The maximum absolute atomic E-state index is 12.2. The van der Waals surface area contributed by atoms with Crippen LogP contribution in [0.5, 0.6) is 0 Å². The van der Waals surface area contributed by atoms with E-state index in [2.05, 4.69) is 5.10 Å². The molecular formula is C13H22N4O2. The summed E-state index contributed by atoms with van der Waals surface area (Å²) in [4.78, 5) is 13.9. The molecule has 2 atom stereocenters. The van der Waals surface area contributed by atoms with Crippen molar-refractivity contribution in [2.24, 2.45) is 5.73 Å². The fraction of sp³-hybridized carbons (Fsp3) is 0.692. The molecule has 2 N–H and O–H groups in total. The van der Waals surface area contributed by atoms with Gasteiger partial charge in [0.25, 0.3) is 0 Å². The van der Waals surface area contributed by atoms with Crippen molar-refractivity contribution >= 4 is 6.09 Å². The molecule has 2 heterocycles. The average molecular weight is 266 g/mol. The van der Waals surface area contributed by atoms with E-state index in [0.29, 0.717) is 13.1 Å². The third-order valence-electron chi connectivity index (χ3n) is 3.03. The Morgan fingerprint density at radius 2 is 2.26 bits per heavy atom. The van der Waals surface area contributed by atoms with Crippen LogP contribution in [0.2, 0.25) is 0 Å². The minimum absolute atomic E-state index is 0.00748. The fourth-order valence-electron chi connectivity index (χ4n) is 2.29. The van der Waals surface area contributed by atoms with Crippen molar-refractivity contribution in [2.45, 2.75) is 51.4 Å². The molecule has 1 unspecified atom stereocenters. The number of ether oxygens (including phenoxy) is 1. The van der Waals surface area contributed by atoms with Gasteiger partial charge in [-0.3, -0.25) is 4.68 Å². The molecule has 106 valence electrons. The van der Waals surface area contributed by atoms with Crippen molar-refractivity contribution in [1.29, 1.82) is 0 Å². The molecule has 6 nitrogen and oxygen atoms in total. The molecule has 0 aromatic carbocycles. The van der Waals surface area contributed by atoms with E-state index in [-0.39, 0.29) is 18.2 Å². The van der Waals surface area contributed by atoms with E-state index < -0.39 is 5.60 Å². The summed E-state index contributed by atoms with van der Waals surface area (Å²) < 4.78 is 7.24. The van der Waals surface area contributed by atoms with Crippen molar-refractivity contribution in [3.63, 3.8) is 0 Å². The van der Waals surface area contributed by atoms with E-state index in [1.54, 1.807) is 11.1 Å². The number of carbonyl (C=O) groups excluding carboxylic acids is 1. The van der Waals surface area contributed by atoms with Crippen molar-refractivity contribution in [1.82, 2.24) is 14.7 Å². The van der Waals surface area contributed by atoms with Crippen LogP contribution in [0.15, 0.2) is 18.5 Å². The highest BCUT2D eigenvalue weighted by Crippen LogP contribution is 2.21. The molecule has 2 rings (SSSR count). The Bertz CT molecular complexity index is 424. The van der Waals surface area contributed by atoms with E-state index in [1.807, 2.05) is 37.7 Å². The highest BCUT2D eigenvalue weighted by atomic mass is 16.6. The summed E-state index contributed by atoms with van der Waals surface area (Å²) >= 11 is 0. The molecule has 0 aliphatic carbocycles. The van der Waals surface area contributed by atoms with Gasteiger partial charge in [-0.2, -0.15) is 5.10 Å². The van der Waals surface area contributed by atoms with Crippen molar-refractivity contribution < 1.29 is 9.53 Å². The van der Waals surface area contributed by atoms with Crippen LogP contribution in [-0.4, -0.2) is 45.0 Å². The van der Waals surface area contributed by atoms with Gasteiger partial charge in [-0.1, -0.05) is 0 Å². The monoisotopic (exact) mass is 266 g/mol. The number of hydrogen-bond donors (Lipinski definition) is 1. The van der Waals surface area contributed by atoms with Crippen LogP contribution < -0.4 is 5.73 Å². The molecule has 1 fully saturated rings. The lowest BCUT2D eigenvalue weighted by Crippen LogP contribution is -2.42. The van der Waals surface area contributed by atoms with E-state index in [0.717, 1.165) is 6.42 Å². The first-order chi connectivity index (χ1) is 8.85. The number of nitrogens with two attached hydrogens (primary N) is 1. The Hall–Kier alpha value is -1.56.